The first kappa shape index (κ1) is 27.6. The van der Waals surface area contributed by atoms with Gasteiger partial charge in [-0.1, -0.05) is 86.5 Å². The first-order chi connectivity index (χ1) is 18.9. The van der Waals surface area contributed by atoms with Crippen LogP contribution in [0, 0.1) is 6.92 Å². The molecule has 5 nitrogen and oxygen atoms in total. The number of benzene rings is 3. The molecule has 0 unspecified atom stereocenters. The maximum absolute atomic E-state index is 13.6. The van der Waals surface area contributed by atoms with Crippen LogP contribution in [0.4, 0.5) is 5.69 Å². The number of aryl methyl sites for hydroxylation is 2. The fourth-order valence-electron chi connectivity index (χ4n) is 4.70. The number of hydrogen-bond acceptors (Lipinski definition) is 3. The van der Waals surface area contributed by atoms with Crippen LogP contribution in [-0.4, -0.2) is 17.5 Å². The molecule has 0 saturated heterocycles. The van der Waals surface area contributed by atoms with E-state index in [9.17, 15) is 9.59 Å². The number of nitrogens with one attached hydrogen (secondary N) is 2. The summed E-state index contributed by atoms with van der Waals surface area (Å²) in [7, 11) is 0. The van der Waals surface area contributed by atoms with Crippen LogP contribution in [0.1, 0.15) is 60.2 Å². The molecule has 1 amide bonds. The Morgan fingerprint density at radius 3 is 2.21 bits per heavy atom. The Bertz CT molecular complexity index is 1480. The van der Waals surface area contributed by atoms with E-state index in [-0.39, 0.29) is 5.56 Å². The number of unbranched alkanes of at least 4 members (excludes halogenated alkanes) is 2. The second-order valence-corrected chi connectivity index (χ2v) is 9.63. The lowest BCUT2D eigenvalue weighted by molar-refractivity contribution is 0.102. The third-order valence-corrected chi connectivity index (χ3v) is 6.76. The van der Waals surface area contributed by atoms with Gasteiger partial charge in [-0.25, -0.2) is 0 Å². The van der Waals surface area contributed by atoms with Gasteiger partial charge in [0.15, 0.2) is 0 Å². The molecular formula is C34H36N2O3. The molecule has 39 heavy (non-hydrogen) atoms. The van der Waals surface area contributed by atoms with E-state index in [0.717, 1.165) is 29.5 Å². The normalized spacial score (nSPS) is 10.7. The SMILES string of the molecule is C=Cc1c(-c2ccc(CCCCC)cc2)[nH]c(=O)c(C(=O)Nc2ccc(OCC)cc2)c1-c1ccc(C)cc1. The van der Waals surface area contributed by atoms with Crippen molar-refractivity contribution in [1.29, 1.82) is 0 Å². The Morgan fingerprint density at radius 1 is 0.923 bits per heavy atom. The molecule has 2 N–H and O–H groups in total. The van der Waals surface area contributed by atoms with Gasteiger partial charge in [0.25, 0.3) is 11.5 Å². The number of anilines is 1. The zero-order valence-corrected chi connectivity index (χ0v) is 23.0. The molecule has 1 aromatic heterocycles. The molecule has 0 saturated carbocycles. The monoisotopic (exact) mass is 520 g/mol. The molecule has 3 aromatic carbocycles. The molecule has 0 spiro atoms. The second-order valence-electron chi connectivity index (χ2n) is 9.63. The topological polar surface area (TPSA) is 71.2 Å². The molecule has 4 rings (SSSR count). The van der Waals surface area contributed by atoms with Gasteiger partial charge < -0.3 is 15.0 Å². The van der Waals surface area contributed by atoms with Gasteiger partial charge in [0.2, 0.25) is 0 Å². The number of carbonyl (C=O) groups excluding carboxylic acids is 1. The maximum Gasteiger partial charge on any atom is 0.261 e. The van der Waals surface area contributed by atoms with Crippen molar-refractivity contribution in [2.24, 2.45) is 0 Å². The Hall–Kier alpha value is -4.38. The van der Waals surface area contributed by atoms with Crippen LogP contribution in [0.15, 0.2) is 84.2 Å². The molecular weight excluding hydrogens is 484 g/mol. The first-order valence-corrected chi connectivity index (χ1v) is 13.6. The van der Waals surface area contributed by atoms with E-state index in [1.54, 1.807) is 30.3 Å². The van der Waals surface area contributed by atoms with Gasteiger partial charge in [-0.3, -0.25) is 9.59 Å². The highest BCUT2D eigenvalue weighted by Crippen LogP contribution is 2.34. The maximum atomic E-state index is 13.6. The summed E-state index contributed by atoms with van der Waals surface area (Å²) in [5.41, 5.74) is 6.05. The van der Waals surface area contributed by atoms with Crippen LogP contribution in [0.5, 0.6) is 5.75 Å². The number of hydrogen-bond donors (Lipinski definition) is 2. The third-order valence-electron chi connectivity index (χ3n) is 6.76. The lowest BCUT2D eigenvalue weighted by atomic mass is 9.91. The number of amides is 1. The first-order valence-electron chi connectivity index (χ1n) is 13.6. The molecule has 0 aliphatic rings. The fraction of sp³-hybridized carbons (Fsp3) is 0.235. The highest BCUT2D eigenvalue weighted by atomic mass is 16.5. The highest BCUT2D eigenvalue weighted by Gasteiger charge is 2.23. The van der Waals surface area contributed by atoms with Crippen molar-refractivity contribution >= 4 is 17.7 Å². The third kappa shape index (κ3) is 6.55. The Balaban J connectivity index is 1.79. The van der Waals surface area contributed by atoms with E-state index in [4.69, 9.17) is 4.74 Å². The summed E-state index contributed by atoms with van der Waals surface area (Å²) in [6.45, 7) is 10.7. The largest absolute Gasteiger partial charge is 0.494 e. The van der Waals surface area contributed by atoms with Crippen LogP contribution in [0.25, 0.3) is 28.5 Å². The summed E-state index contributed by atoms with van der Waals surface area (Å²) in [4.78, 5) is 30.2. The van der Waals surface area contributed by atoms with Gasteiger partial charge in [-0.2, -0.15) is 0 Å². The fourth-order valence-corrected chi connectivity index (χ4v) is 4.70. The van der Waals surface area contributed by atoms with Crippen molar-refractivity contribution in [3.63, 3.8) is 0 Å². The molecule has 0 aliphatic carbocycles. The van der Waals surface area contributed by atoms with E-state index in [2.05, 4.69) is 35.9 Å². The van der Waals surface area contributed by atoms with E-state index in [0.29, 0.717) is 34.9 Å². The van der Waals surface area contributed by atoms with Crippen LogP contribution < -0.4 is 15.6 Å². The quantitative estimate of drug-likeness (QED) is 0.197. The number of H-pyrrole nitrogens is 1. The van der Waals surface area contributed by atoms with E-state index in [1.807, 2.05) is 50.2 Å². The van der Waals surface area contributed by atoms with Crippen molar-refractivity contribution in [2.45, 2.75) is 46.5 Å². The lowest BCUT2D eigenvalue weighted by Crippen LogP contribution is -2.26. The molecule has 4 aromatic rings. The Labute approximate surface area is 230 Å². The van der Waals surface area contributed by atoms with E-state index >= 15 is 0 Å². The van der Waals surface area contributed by atoms with Gasteiger partial charge in [-0.15, -0.1) is 0 Å². The van der Waals surface area contributed by atoms with Gasteiger partial charge in [0, 0.05) is 16.8 Å². The van der Waals surface area contributed by atoms with Gasteiger partial charge >= 0.3 is 0 Å². The smallest absolute Gasteiger partial charge is 0.261 e. The lowest BCUT2D eigenvalue weighted by Gasteiger charge is -2.17. The van der Waals surface area contributed by atoms with E-state index < -0.39 is 11.5 Å². The number of carbonyl (C=O) groups is 1. The highest BCUT2D eigenvalue weighted by molar-refractivity contribution is 6.10. The molecule has 200 valence electrons. The van der Waals surface area contributed by atoms with Crippen LogP contribution >= 0.6 is 0 Å². The van der Waals surface area contributed by atoms with Crippen molar-refractivity contribution in [3.05, 3.63) is 112 Å². The minimum Gasteiger partial charge on any atom is -0.494 e. The van der Waals surface area contributed by atoms with Crippen LogP contribution in [0.2, 0.25) is 0 Å². The summed E-state index contributed by atoms with van der Waals surface area (Å²) in [6.07, 6.45) is 6.28. The molecule has 0 radical (unpaired) electrons. The predicted molar refractivity (Wildman–Crippen MR) is 162 cm³/mol. The zero-order valence-electron chi connectivity index (χ0n) is 23.0. The Kier molecular flexibility index (Phi) is 9.16. The summed E-state index contributed by atoms with van der Waals surface area (Å²) in [5.74, 6) is 0.222. The van der Waals surface area contributed by atoms with Gasteiger partial charge in [0.05, 0.1) is 12.3 Å². The van der Waals surface area contributed by atoms with Gasteiger partial charge in [0.1, 0.15) is 11.3 Å². The standard InChI is InChI=1S/C34H36N2O3/c1-5-8-9-10-24-13-17-26(18-14-24)32-29(6-2)30(25-15-11-23(4)12-16-25)31(34(38)36-32)33(37)35-27-19-21-28(22-20-27)39-7-3/h6,11-22H,2,5,7-10H2,1,3-4H3,(H,35,37)(H,36,38). The van der Waals surface area contributed by atoms with Crippen molar-refractivity contribution in [2.75, 3.05) is 11.9 Å². The second kappa shape index (κ2) is 12.9. The van der Waals surface area contributed by atoms with Crippen molar-refractivity contribution < 1.29 is 9.53 Å². The van der Waals surface area contributed by atoms with Gasteiger partial charge in [-0.05, 0) is 67.6 Å². The number of pyridine rings is 1. The predicted octanol–water partition coefficient (Wildman–Crippen LogP) is 8.04. The summed E-state index contributed by atoms with van der Waals surface area (Å²) >= 11 is 0. The number of rotatable bonds is 11. The summed E-state index contributed by atoms with van der Waals surface area (Å²) in [6, 6.07) is 23.2. The number of aromatic nitrogens is 1. The molecule has 1 heterocycles. The Morgan fingerprint density at radius 2 is 1.59 bits per heavy atom. The minimum atomic E-state index is -0.489. The average Bonchev–Trinajstić information content (AvgIpc) is 2.94. The number of ether oxygens (including phenoxy) is 1. The summed E-state index contributed by atoms with van der Waals surface area (Å²) in [5, 5.41) is 2.88. The van der Waals surface area contributed by atoms with Crippen molar-refractivity contribution in [1.82, 2.24) is 4.98 Å². The summed E-state index contributed by atoms with van der Waals surface area (Å²) < 4.78 is 5.49. The van der Waals surface area contributed by atoms with Crippen LogP contribution in [-0.2, 0) is 6.42 Å². The average molecular weight is 521 g/mol. The molecule has 0 bridgehead atoms. The molecule has 0 aliphatic heterocycles. The minimum absolute atomic E-state index is 0.0440. The zero-order chi connectivity index (χ0) is 27.8. The number of aromatic amines is 1. The van der Waals surface area contributed by atoms with Crippen LogP contribution in [0.3, 0.4) is 0 Å². The molecule has 0 fully saturated rings. The molecule has 5 heteroatoms. The molecule has 0 atom stereocenters. The van der Waals surface area contributed by atoms with E-state index in [1.165, 1.54) is 18.4 Å². The van der Waals surface area contributed by atoms with Crippen molar-refractivity contribution in [3.8, 4) is 28.1 Å².